The molecule has 0 saturated carbocycles. The summed E-state index contributed by atoms with van der Waals surface area (Å²) in [5.74, 6) is 5.69. The van der Waals surface area contributed by atoms with Gasteiger partial charge in [-0.05, 0) is 6.42 Å². The van der Waals surface area contributed by atoms with Gasteiger partial charge in [0, 0.05) is 13.6 Å². The van der Waals surface area contributed by atoms with Gasteiger partial charge in [0.05, 0.1) is 6.33 Å². The van der Waals surface area contributed by atoms with Gasteiger partial charge in [0.15, 0.2) is 11.5 Å². The molecule has 2 aromatic heterocycles. The maximum Gasteiger partial charge on any atom is 0.351 e. The van der Waals surface area contributed by atoms with Crippen molar-refractivity contribution in [1.29, 1.82) is 0 Å². The zero-order valence-electron chi connectivity index (χ0n) is 9.27. The van der Waals surface area contributed by atoms with Crippen LogP contribution in [-0.4, -0.2) is 19.1 Å². The SMILES string of the molecule is CCCn1c(=O)nc(NN)c2c1ncn2C. The first kappa shape index (κ1) is 10.6. The van der Waals surface area contributed by atoms with Crippen molar-refractivity contribution in [3.05, 3.63) is 16.8 Å². The Kier molecular flexibility index (Phi) is 2.61. The summed E-state index contributed by atoms with van der Waals surface area (Å²) in [5, 5.41) is 0. The van der Waals surface area contributed by atoms with Gasteiger partial charge in [-0.1, -0.05) is 6.92 Å². The van der Waals surface area contributed by atoms with Gasteiger partial charge in [-0.15, -0.1) is 0 Å². The van der Waals surface area contributed by atoms with Crippen LogP contribution in [0.2, 0.25) is 0 Å². The molecule has 7 heteroatoms. The number of rotatable bonds is 3. The Labute approximate surface area is 91.9 Å². The second-order valence-electron chi connectivity index (χ2n) is 3.57. The smallest absolute Gasteiger partial charge is 0.329 e. The van der Waals surface area contributed by atoms with E-state index in [4.69, 9.17) is 5.84 Å². The van der Waals surface area contributed by atoms with Crippen molar-refractivity contribution in [2.45, 2.75) is 19.9 Å². The molecule has 16 heavy (non-hydrogen) atoms. The normalized spacial score (nSPS) is 10.9. The van der Waals surface area contributed by atoms with Crippen molar-refractivity contribution in [2.75, 3.05) is 5.43 Å². The highest BCUT2D eigenvalue weighted by Gasteiger charge is 2.13. The predicted octanol–water partition coefficient (Wildman–Crippen LogP) is -0.174. The van der Waals surface area contributed by atoms with Crippen molar-refractivity contribution in [3.8, 4) is 0 Å². The van der Waals surface area contributed by atoms with Crippen molar-refractivity contribution in [1.82, 2.24) is 19.1 Å². The lowest BCUT2D eigenvalue weighted by Crippen LogP contribution is -2.26. The molecule has 0 aliphatic heterocycles. The first-order chi connectivity index (χ1) is 7.69. The monoisotopic (exact) mass is 222 g/mol. The number of hydrogen-bond acceptors (Lipinski definition) is 5. The standard InChI is InChI=1S/C9H14N6O/c1-3-4-15-8-6(14(2)5-11-8)7(13-10)12-9(15)16/h5H,3-4,10H2,1-2H3,(H,12,13,16). The minimum absolute atomic E-state index is 0.332. The van der Waals surface area contributed by atoms with Gasteiger partial charge < -0.3 is 9.99 Å². The van der Waals surface area contributed by atoms with E-state index < -0.39 is 0 Å². The number of fused-ring (bicyclic) bond motifs is 1. The lowest BCUT2D eigenvalue weighted by Gasteiger charge is -2.07. The molecule has 0 aliphatic carbocycles. The number of nitrogens with one attached hydrogen (secondary N) is 1. The highest BCUT2D eigenvalue weighted by molar-refractivity contribution is 5.83. The molecule has 0 atom stereocenters. The molecule has 0 amide bonds. The molecule has 0 spiro atoms. The first-order valence-electron chi connectivity index (χ1n) is 5.07. The molecule has 0 radical (unpaired) electrons. The predicted molar refractivity (Wildman–Crippen MR) is 60.9 cm³/mol. The highest BCUT2D eigenvalue weighted by atomic mass is 16.1. The van der Waals surface area contributed by atoms with E-state index in [2.05, 4.69) is 15.4 Å². The molecule has 86 valence electrons. The molecule has 0 aromatic carbocycles. The average Bonchev–Trinajstić information content (AvgIpc) is 2.65. The number of aryl methyl sites for hydroxylation is 2. The van der Waals surface area contributed by atoms with Crippen molar-refractivity contribution >= 4 is 17.0 Å². The lowest BCUT2D eigenvalue weighted by molar-refractivity contribution is 0.655. The maximum atomic E-state index is 11.7. The molecular weight excluding hydrogens is 208 g/mol. The average molecular weight is 222 g/mol. The van der Waals surface area contributed by atoms with Gasteiger partial charge >= 0.3 is 5.69 Å². The van der Waals surface area contributed by atoms with E-state index in [1.165, 1.54) is 0 Å². The van der Waals surface area contributed by atoms with Crippen molar-refractivity contribution in [3.63, 3.8) is 0 Å². The number of imidazole rings is 1. The van der Waals surface area contributed by atoms with Gasteiger partial charge in [-0.25, -0.2) is 15.6 Å². The minimum Gasteiger partial charge on any atom is -0.329 e. The van der Waals surface area contributed by atoms with E-state index in [1.54, 1.807) is 15.5 Å². The maximum absolute atomic E-state index is 11.7. The molecular formula is C9H14N6O. The number of nitrogens with two attached hydrogens (primary N) is 1. The van der Waals surface area contributed by atoms with Crippen LogP contribution >= 0.6 is 0 Å². The number of hydrogen-bond donors (Lipinski definition) is 2. The Bertz CT molecular complexity index is 569. The summed E-state index contributed by atoms with van der Waals surface area (Å²) in [6.07, 6.45) is 2.49. The molecule has 0 fully saturated rings. The Morgan fingerprint density at radius 2 is 2.31 bits per heavy atom. The number of nitrogen functional groups attached to an aromatic ring is 1. The molecule has 2 rings (SSSR count). The summed E-state index contributed by atoms with van der Waals surface area (Å²) < 4.78 is 3.33. The third kappa shape index (κ3) is 1.45. The number of anilines is 1. The van der Waals surface area contributed by atoms with E-state index in [0.717, 1.165) is 11.9 Å². The molecule has 0 unspecified atom stereocenters. The zero-order chi connectivity index (χ0) is 11.7. The Hall–Kier alpha value is -1.89. The van der Waals surface area contributed by atoms with Crippen LogP contribution in [0.5, 0.6) is 0 Å². The summed E-state index contributed by atoms with van der Waals surface area (Å²) in [6, 6.07) is 0. The van der Waals surface area contributed by atoms with Crippen molar-refractivity contribution < 1.29 is 0 Å². The fourth-order valence-electron chi connectivity index (χ4n) is 1.71. The number of hydrazine groups is 1. The topological polar surface area (TPSA) is 90.8 Å². The third-order valence-corrected chi connectivity index (χ3v) is 2.42. The largest absolute Gasteiger partial charge is 0.351 e. The molecule has 0 bridgehead atoms. The molecule has 2 heterocycles. The van der Waals surface area contributed by atoms with Gasteiger partial charge in [0.1, 0.15) is 5.52 Å². The quantitative estimate of drug-likeness (QED) is 0.555. The molecule has 0 aliphatic rings. The molecule has 7 nitrogen and oxygen atoms in total. The molecule has 3 N–H and O–H groups in total. The van der Waals surface area contributed by atoms with Crippen LogP contribution in [0.1, 0.15) is 13.3 Å². The highest BCUT2D eigenvalue weighted by Crippen LogP contribution is 2.16. The second-order valence-corrected chi connectivity index (χ2v) is 3.57. The second kappa shape index (κ2) is 3.93. The van der Waals surface area contributed by atoms with Gasteiger partial charge in [0.2, 0.25) is 0 Å². The lowest BCUT2D eigenvalue weighted by atomic mass is 10.4. The fourth-order valence-corrected chi connectivity index (χ4v) is 1.71. The molecule has 0 saturated heterocycles. The van der Waals surface area contributed by atoms with E-state index in [-0.39, 0.29) is 5.69 Å². The van der Waals surface area contributed by atoms with Crippen LogP contribution < -0.4 is 17.0 Å². The van der Waals surface area contributed by atoms with Crippen LogP contribution in [0.15, 0.2) is 11.1 Å². The Morgan fingerprint density at radius 3 is 2.94 bits per heavy atom. The van der Waals surface area contributed by atoms with Crippen molar-refractivity contribution in [2.24, 2.45) is 12.9 Å². The number of aromatic nitrogens is 4. The van der Waals surface area contributed by atoms with Crippen LogP contribution in [0.4, 0.5) is 5.82 Å². The van der Waals surface area contributed by atoms with Crippen LogP contribution in [-0.2, 0) is 13.6 Å². The summed E-state index contributed by atoms with van der Waals surface area (Å²) >= 11 is 0. The Balaban J connectivity index is 2.82. The third-order valence-electron chi connectivity index (χ3n) is 2.42. The van der Waals surface area contributed by atoms with Gasteiger partial charge in [-0.3, -0.25) is 4.57 Å². The number of nitrogens with zero attached hydrogens (tertiary/aromatic N) is 4. The van der Waals surface area contributed by atoms with Crippen LogP contribution in [0, 0.1) is 0 Å². The fraction of sp³-hybridized carbons (Fsp3) is 0.444. The summed E-state index contributed by atoms with van der Waals surface area (Å²) in [7, 11) is 1.83. The summed E-state index contributed by atoms with van der Waals surface area (Å²) in [6.45, 7) is 2.60. The van der Waals surface area contributed by atoms with Gasteiger partial charge in [-0.2, -0.15) is 4.98 Å². The molecule has 2 aromatic rings. The Morgan fingerprint density at radius 1 is 1.56 bits per heavy atom. The van der Waals surface area contributed by atoms with E-state index >= 15 is 0 Å². The van der Waals surface area contributed by atoms with Crippen LogP contribution in [0.3, 0.4) is 0 Å². The first-order valence-corrected chi connectivity index (χ1v) is 5.07. The van der Waals surface area contributed by atoms with E-state index in [0.29, 0.717) is 18.0 Å². The summed E-state index contributed by atoms with van der Waals surface area (Å²) in [5.41, 5.74) is 3.43. The van der Waals surface area contributed by atoms with E-state index in [1.807, 2.05) is 14.0 Å². The van der Waals surface area contributed by atoms with E-state index in [9.17, 15) is 4.79 Å². The van der Waals surface area contributed by atoms with Crippen LogP contribution in [0.25, 0.3) is 11.2 Å². The minimum atomic E-state index is -0.332. The summed E-state index contributed by atoms with van der Waals surface area (Å²) in [4.78, 5) is 19.8. The van der Waals surface area contributed by atoms with Gasteiger partial charge in [0.25, 0.3) is 0 Å². The zero-order valence-corrected chi connectivity index (χ0v) is 9.27.